The van der Waals surface area contributed by atoms with Gasteiger partial charge in [-0.05, 0) is 24.4 Å². The molecule has 30 heavy (non-hydrogen) atoms. The minimum Gasteiger partial charge on any atom is -0.385 e. The lowest BCUT2D eigenvalue weighted by atomic mass is 10.2. The first-order valence-corrected chi connectivity index (χ1v) is 11.5. The number of nitrogens with zero attached hydrogens (tertiary/aromatic N) is 3. The van der Waals surface area contributed by atoms with Gasteiger partial charge in [0.05, 0.1) is 11.2 Å². The Balaban J connectivity index is 0.000000589. The smallest absolute Gasteiger partial charge is 0.210 e. The molecule has 0 saturated heterocycles. The van der Waals surface area contributed by atoms with Gasteiger partial charge in [-0.3, -0.25) is 9.78 Å². The molecule has 3 heterocycles. The van der Waals surface area contributed by atoms with Crippen LogP contribution in [0.1, 0.15) is 22.2 Å². The second kappa shape index (κ2) is 11.0. The lowest BCUT2D eigenvalue weighted by Gasteiger charge is -2.06. The Bertz CT molecular complexity index is 1120. The van der Waals surface area contributed by atoms with Gasteiger partial charge in [-0.25, -0.2) is 0 Å². The van der Waals surface area contributed by atoms with Crippen LogP contribution < -0.4 is 5.32 Å². The van der Waals surface area contributed by atoms with Crippen LogP contribution in [0, 0.1) is 0 Å². The fourth-order valence-electron chi connectivity index (χ4n) is 2.36. The van der Waals surface area contributed by atoms with Gasteiger partial charge >= 0.3 is 0 Å². The number of hydrogen-bond acceptors (Lipinski definition) is 9. The number of aldehydes is 1. The first kappa shape index (κ1) is 22.1. The molecule has 0 saturated carbocycles. The molecule has 4 rings (SSSR count). The fourth-order valence-corrected chi connectivity index (χ4v) is 4.93. The number of methoxy groups -OCH3 is 1. The third-order valence-electron chi connectivity index (χ3n) is 3.84. The summed E-state index contributed by atoms with van der Waals surface area (Å²) >= 11 is 4.45. The van der Waals surface area contributed by atoms with Crippen LogP contribution in [0.5, 0.6) is 0 Å². The van der Waals surface area contributed by atoms with Gasteiger partial charge in [0, 0.05) is 40.6 Å². The fraction of sp³-hybridized carbons (Fsp3) is 0.143. The molecular weight excluding hydrogens is 436 g/mol. The van der Waals surface area contributed by atoms with Crippen LogP contribution in [0.2, 0.25) is 0 Å². The summed E-state index contributed by atoms with van der Waals surface area (Å²) in [5, 5.41) is 15.2. The van der Waals surface area contributed by atoms with E-state index in [1.54, 1.807) is 24.6 Å². The maximum Gasteiger partial charge on any atom is 0.210 e. The van der Waals surface area contributed by atoms with Crippen LogP contribution in [0.25, 0.3) is 16.6 Å². The van der Waals surface area contributed by atoms with E-state index in [9.17, 15) is 4.79 Å². The minimum atomic E-state index is 0.543. The summed E-state index contributed by atoms with van der Waals surface area (Å²) < 4.78 is 5.28. The third-order valence-corrected chi connectivity index (χ3v) is 6.82. The molecule has 0 unspecified atom stereocenters. The SMILES string of the molecule is C=C(Nc1nnc(Sc2c(C=O)cnc3ccccc23)s1)c1cccs1.CCOC. The van der Waals surface area contributed by atoms with E-state index >= 15 is 0 Å². The molecule has 0 aliphatic heterocycles. The van der Waals surface area contributed by atoms with Gasteiger partial charge in [-0.15, -0.1) is 21.5 Å². The number of rotatable bonds is 7. The number of hydrogen-bond donors (Lipinski definition) is 1. The van der Waals surface area contributed by atoms with Gasteiger partial charge in [0.25, 0.3) is 0 Å². The van der Waals surface area contributed by atoms with E-state index in [2.05, 4.69) is 31.8 Å². The number of thiophene rings is 1. The predicted octanol–water partition coefficient (Wildman–Crippen LogP) is 5.85. The molecule has 0 atom stereocenters. The van der Waals surface area contributed by atoms with Crippen LogP contribution in [0.15, 0.2) is 63.8 Å². The summed E-state index contributed by atoms with van der Waals surface area (Å²) in [5.74, 6) is 0. The maximum atomic E-state index is 11.4. The molecule has 0 fully saturated rings. The highest BCUT2D eigenvalue weighted by atomic mass is 32.2. The van der Waals surface area contributed by atoms with Gasteiger partial charge in [-0.1, -0.05) is 53.9 Å². The number of nitrogens with one attached hydrogen (secondary N) is 1. The molecule has 9 heteroatoms. The average molecular weight is 457 g/mol. The van der Waals surface area contributed by atoms with Crippen molar-refractivity contribution in [3.8, 4) is 0 Å². The van der Waals surface area contributed by atoms with Crippen LogP contribution >= 0.6 is 34.4 Å². The summed E-state index contributed by atoms with van der Waals surface area (Å²) in [4.78, 5) is 17.7. The Morgan fingerprint density at radius 2 is 2.07 bits per heavy atom. The molecule has 154 valence electrons. The number of ether oxygens (including phenoxy) is 1. The molecule has 3 aromatic heterocycles. The highest BCUT2D eigenvalue weighted by Gasteiger charge is 2.14. The van der Waals surface area contributed by atoms with Crippen molar-refractivity contribution in [3.63, 3.8) is 0 Å². The molecule has 1 N–H and O–H groups in total. The highest BCUT2D eigenvalue weighted by Crippen LogP contribution is 2.38. The van der Waals surface area contributed by atoms with Crippen LogP contribution in [-0.2, 0) is 4.74 Å². The monoisotopic (exact) mass is 456 g/mol. The van der Waals surface area contributed by atoms with Crippen LogP contribution in [0.3, 0.4) is 0 Å². The van der Waals surface area contributed by atoms with Crippen LogP contribution in [0.4, 0.5) is 5.13 Å². The molecule has 0 aliphatic carbocycles. The average Bonchev–Trinajstić information content (AvgIpc) is 3.47. The number of anilines is 1. The van der Waals surface area contributed by atoms with E-state index < -0.39 is 0 Å². The number of carbonyl (C=O) groups is 1. The predicted molar refractivity (Wildman–Crippen MR) is 126 cm³/mol. The number of pyridine rings is 1. The number of carbonyl (C=O) groups excluding carboxylic acids is 1. The molecule has 6 nitrogen and oxygen atoms in total. The summed E-state index contributed by atoms with van der Waals surface area (Å²) in [6.07, 6.45) is 2.41. The molecule has 0 aliphatic rings. The number of benzene rings is 1. The van der Waals surface area contributed by atoms with Crippen LogP contribution in [-0.4, -0.2) is 35.2 Å². The molecule has 0 amide bonds. The molecule has 1 aromatic carbocycles. The quantitative estimate of drug-likeness (QED) is 0.350. The Morgan fingerprint density at radius 1 is 1.27 bits per heavy atom. The summed E-state index contributed by atoms with van der Waals surface area (Å²) in [6, 6.07) is 11.7. The lowest BCUT2D eigenvalue weighted by Crippen LogP contribution is -1.94. The van der Waals surface area contributed by atoms with E-state index in [-0.39, 0.29) is 0 Å². The van der Waals surface area contributed by atoms with Crippen molar-refractivity contribution in [2.45, 2.75) is 16.2 Å². The van der Waals surface area contributed by atoms with Crippen molar-refractivity contribution in [2.24, 2.45) is 0 Å². The van der Waals surface area contributed by atoms with Crippen molar-refractivity contribution in [1.29, 1.82) is 0 Å². The molecular formula is C21H20N4O2S3. The number of aromatic nitrogens is 3. The van der Waals surface area contributed by atoms with Crippen molar-refractivity contribution >= 4 is 62.5 Å². The van der Waals surface area contributed by atoms with E-state index in [0.717, 1.165) is 43.6 Å². The standard InChI is InChI=1S/C18H12N4OS3.C3H8O/c1-11(15-7-4-8-24-15)20-17-21-22-18(26-17)25-16-12(10-23)9-19-14-6-3-2-5-13(14)16;1-3-4-2/h2-10H,1H2,(H,20,21);3H2,1-2H3. The normalized spacial score (nSPS) is 10.3. The van der Waals surface area contributed by atoms with E-state index in [0.29, 0.717) is 10.7 Å². The van der Waals surface area contributed by atoms with Crippen molar-refractivity contribution in [2.75, 3.05) is 19.0 Å². The topological polar surface area (TPSA) is 77.0 Å². The van der Waals surface area contributed by atoms with E-state index in [1.165, 1.54) is 23.1 Å². The second-order valence-corrected chi connectivity index (χ2v) is 8.99. The van der Waals surface area contributed by atoms with Gasteiger partial charge in [0.15, 0.2) is 10.6 Å². The zero-order valence-corrected chi connectivity index (χ0v) is 18.9. The van der Waals surface area contributed by atoms with Gasteiger partial charge in [0.2, 0.25) is 5.13 Å². The van der Waals surface area contributed by atoms with Gasteiger partial charge < -0.3 is 10.1 Å². The van der Waals surface area contributed by atoms with Gasteiger partial charge in [-0.2, -0.15) is 0 Å². The first-order valence-electron chi connectivity index (χ1n) is 8.99. The van der Waals surface area contributed by atoms with Crippen molar-refractivity contribution in [3.05, 3.63) is 65.0 Å². The zero-order chi connectivity index (χ0) is 21.3. The largest absolute Gasteiger partial charge is 0.385 e. The number of fused-ring (bicyclic) bond motifs is 1. The van der Waals surface area contributed by atoms with E-state index in [4.69, 9.17) is 0 Å². The zero-order valence-electron chi connectivity index (χ0n) is 16.5. The lowest BCUT2D eigenvalue weighted by molar-refractivity contribution is 0.112. The van der Waals surface area contributed by atoms with Crippen molar-refractivity contribution in [1.82, 2.24) is 15.2 Å². The molecule has 0 bridgehead atoms. The summed E-state index contributed by atoms with van der Waals surface area (Å²) in [7, 11) is 1.68. The van der Waals surface area contributed by atoms with Gasteiger partial charge in [0.1, 0.15) is 0 Å². The Labute approximate surface area is 187 Å². The Hall–Kier alpha value is -2.59. The summed E-state index contributed by atoms with van der Waals surface area (Å²) in [6.45, 7) is 6.81. The first-order chi connectivity index (χ1) is 14.7. The number of para-hydroxylation sites is 1. The molecule has 0 spiro atoms. The minimum absolute atomic E-state index is 0.543. The third kappa shape index (κ3) is 5.51. The molecule has 4 aromatic rings. The second-order valence-electron chi connectivity index (χ2n) is 5.81. The maximum absolute atomic E-state index is 11.4. The molecule has 0 radical (unpaired) electrons. The van der Waals surface area contributed by atoms with E-state index in [1.807, 2.05) is 48.7 Å². The van der Waals surface area contributed by atoms with Crippen molar-refractivity contribution < 1.29 is 9.53 Å². The summed E-state index contributed by atoms with van der Waals surface area (Å²) in [5.41, 5.74) is 2.17. The Kier molecular flexibility index (Phi) is 8.09. The Morgan fingerprint density at radius 3 is 2.77 bits per heavy atom. The highest BCUT2D eigenvalue weighted by molar-refractivity contribution is 8.01.